The third-order valence-electron chi connectivity index (χ3n) is 3.80. The highest BCUT2D eigenvalue weighted by Gasteiger charge is 2.15. The van der Waals surface area contributed by atoms with Gasteiger partial charge in [0, 0.05) is 5.69 Å². The molecular weight excluding hydrogens is 302 g/mol. The van der Waals surface area contributed by atoms with Crippen molar-refractivity contribution in [2.75, 3.05) is 5.32 Å². The van der Waals surface area contributed by atoms with Gasteiger partial charge in [-0.2, -0.15) is 0 Å². The Balaban J connectivity index is 1.92. The molecule has 2 atom stereocenters. The number of carbonyl (C=O) groups excluding carboxylic acids is 1. The zero-order valence-corrected chi connectivity index (χ0v) is 14.7. The predicted octanol–water partition coefficient (Wildman–Crippen LogP) is 4.58. The van der Waals surface area contributed by atoms with Crippen LogP contribution in [0.4, 0.5) is 5.69 Å². The first-order valence-corrected chi connectivity index (χ1v) is 8.29. The van der Waals surface area contributed by atoms with Gasteiger partial charge in [-0.3, -0.25) is 4.79 Å². The third-order valence-corrected chi connectivity index (χ3v) is 3.80. The molecule has 0 aliphatic rings. The maximum Gasteiger partial charge on any atom is 0.265 e. The van der Waals surface area contributed by atoms with Crippen molar-refractivity contribution in [2.45, 2.75) is 46.3 Å². The minimum atomic E-state index is -0.581. The van der Waals surface area contributed by atoms with Crippen LogP contribution >= 0.6 is 0 Å². The number of rotatable bonds is 7. The molecule has 24 heavy (non-hydrogen) atoms. The van der Waals surface area contributed by atoms with E-state index in [2.05, 4.69) is 12.2 Å². The maximum atomic E-state index is 12.3. The zero-order valence-electron chi connectivity index (χ0n) is 14.7. The Labute approximate surface area is 143 Å². The number of aryl methyl sites for hydroxylation is 1. The Morgan fingerprint density at radius 1 is 1.04 bits per heavy atom. The lowest BCUT2D eigenvalue weighted by Crippen LogP contribution is -2.30. The van der Waals surface area contributed by atoms with E-state index >= 15 is 0 Å². The van der Waals surface area contributed by atoms with Gasteiger partial charge in [0.2, 0.25) is 0 Å². The summed E-state index contributed by atoms with van der Waals surface area (Å²) in [6.45, 7) is 7.80. The molecule has 1 N–H and O–H groups in total. The number of benzene rings is 2. The first-order valence-electron chi connectivity index (χ1n) is 8.29. The number of amides is 1. The van der Waals surface area contributed by atoms with Crippen LogP contribution in [0.2, 0.25) is 0 Å². The van der Waals surface area contributed by atoms with E-state index in [0.29, 0.717) is 0 Å². The highest BCUT2D eigenvalue weighted by molar-refractivity contribution is 5.94. The molecule has 4 nitrogen and oxygen atoms in total. The molecule has 0 aromatic heterocycles. The molecule has 0 saturated carbocycles. The van der Waals surface area contributed by atoms with Crippen molar-refractivity contribution in [3.05, 3.63) is 54.1 Å². The van der Waals surface area contributed by atoms with Gasteiger partial charge in [-0.05, 0) is 63.1 Å². The van der Waals surface area contributed by atoms with Crippen molar-refractivity contribution in [2.24, 2.45) is 0 Å². The Morgan fingerprint density at radius 2 is 1.71 bits per heavy atom. The number of anilines is 1. The van der Waals surface area contributed by atoms with Crippen molar-refractivity contribution >= 4 is 11.6 Å². The molecule has 2 unspecified atom stereocenters. The fraction of sp³-hybridized carbons (Fsp3) is 0.350. The summed E-state index contributed by atoms with van der Waals surface area (Å²) >= 11 is 0. The second kappa shape index (κ2) is 8.39. The Hall–Kier alpha value is -2.49. The molecule has 0 saturated heterocycles. The van der Waals surface area contributed by atoms with Gasteiger partial charge in [-0.1, -0.05) is 25.1 Å². The van der Waals surface area contributed by atoms with E-state index in [-0.39, 0.29) is 12.0 Å². The number of ether oxygens (including phenoxy) is 2. The average molecular weight is 327 g/mol. The normalized spacial score (nSPS) is 13.0. The van der Waals surface area contributed by atoms with Gasteiger partial charge in [-0.25, -0.2) is 0 Å². The van der Waals surface area contributed by atoms with Gasteiger partial charge in [0.25, 0.3) is 5.91 Å². The van der Waals surface area contributed by atoms with E-state index in [4.69, 9.17) is 9.47 Å². The average Bonchev–Trinajstić information content (AvgIpc) is 2.58. The second-order valence-electron chi connectivity index (χ2n) is 5.88. The SMILES string of the molecule is CCC(C)Oc1ccc(NC(=O)C(C)Oc2ccccc2C)cc1. The van der Waals surface area contributed by atoms with Gasteiger partial charge < -0.3 is 14.8 Å². The van der Waals surface area contributed by atoms with Crippen LogP contribution in [0, 0.1) is 6.92 Å². The summed E-state index contributed by atoms with van der Waals surface area (Å²) in [5.41, 5.74) is 1.72. The van der Waals surface area contributed by atoms with Crippen molar-refractivity contribution < 1.29 is 14.3 Å². The molecular formula is C20H25NO3. The van der Waals surface area contributed by atoms with Crippen molar-refractivity contribution in [3.63, 3.8) is 0 Å². The fourth-order valence-electron chi connectivity index (χ4n) is 2.11. The van der Waals surface area contributed by atoms with Crippen LogP contribution in [0.15, 0.2) is 48.5 Å². The van der Waals surface area contributed by atoms with Crippen LogP contribution in [0.25, 0.3) is 0 Å². The minimum Gasteiger partial charge on any atom is -0.491 e. The van der Waals surface area contributed by atoms with E-state index in [9.17, 15) is 4.79 Å². The molecule has 0 radical (unpaired) electrons. The lowest BCUT2D eigenvalue weighted by molar-refractivity contribution is -0.122. The van der Waals surface area contributed by atoms with E-state index in [1.54, 1.807) is 6.92 Å². The minimum absolute atomic E-state index is 0.174. The van der Waals surface area contributed by atoms with Crippen LogP contribution in [-0.4, -0.2) is 18.1 Å². The molecule has 0 bridgehead atoms. The summed E-state index contributed by atoms with van der Waals surface area (Å²) in [6.07, 6.45) is 0.543. The Bertz CT molecular complexity index is 667. The first kappa shape index (κ1) is 17.9. The Kier molecular flexibility index (Phi) is 6.24. The number of nitrogens with one attached hydrogen (secondary N) is 1. The monoisotopic (exact) mass is 327 g/mol. The van der Waals surface area contributed by atoms with Gasteiger partial charge in [0.05, 0.1) is 6.10 Å². The number of para-hydroxylation sites is 1. The van der Waals surface area contributed by atoms with E-state index in [0.717, 1.165) is 29.2 Å². The van der Waals surface area contributed by atoms with E-state index < -0.39 is 6.10 Å². The fourth-order valence-corrected chi connectivity index (χ4v) is 2.11. The number of hydrogen-bond donors (Lipinski definition) is 1. The highest BCUT2D eigenvalue weighted by atomic mass is 16.5. The zero-order chi connectivity index (χ0) is 17.5. The topological polar surface area (TPSA) is 47.6 Å². The summed E-state index contributed by atoms with van der Waals surface area (Å²) < 4.78 is 11.5. The van der Waals surface area contributed by atoms with Crippen molar-refractivity contribution in [1.82, 2.24) is 0 Å². The molecule has 4 heteroatoms. The second-order valence-corrected chi connectivity index (χ2v) is 5.88. The molecule has 0 heterocycles. The van der Waals surface area contributed by atoms with Crippen LogP contribution in [0.5, 0.6) is 11.5 Å². The summed E-state index contributed by atoms with van der Waals surface area (Å²) in [6, 6.07) is 15.0. The Morgan fingerprint density at radius 3 is 2.33 bits per heavy atom. The molecule has 0 aliphatic heterocycles. The molecule has 2 aromatic rings. The van der Waals surface area contributed by atoms with Crippen LogP contribution < -0.4 is 14.8 Å². The quantitative estimate of drug-likeness (QED) is 0.810. The lowest BCUT2D eigenvalue weighted by atomic mass is 10.2. The molecule has 2 rings (SSSR count). The van der Waals surface area contributed by atoms with Gasteiger partial charge in [0.15, 0.2) is 6.10 Å². The molecule has 128 valence electrons. The molecule has 0 fully saturated rings. The van der Waals surface area contributed by atoms with Crippen LogP contribution in [0.3, 0.4) is 0 Å². The molecule has 1 amide bonds. The highest BCUT2D eigenvalue weighted by Crippen LogP contribution is 2.20. The summed E-state index contributed by atoms with van der Waals surface area (Å²) in [4.78, 5) is 12.3. The number of carbonyl (C=O) groups is 1. The lowest BCUT2D eigenvalue weighted by Gasteiger charge is -2.16. The van der Waals surface area contributed by atoms with E-state index in [1.165, 1.54) is 0 Å². The first-order chi connectivity index (χ1) is 11.5. The number of hydrogen-bond acceptors (Lipinski definition) is 3. The summed E-state index contributed by atoms with van der Waals surface area (Å²) in [5.74, 6) is 1.33. The standard InChI is InChI=1S/C20H25NO3/c1-5-15(3)23-18-12-10-17(11-13-18)21-20(22)16(4)24-19-9-7-6-8-14(19)2/h6-13,15-16H,5H2,1-4H3,(H,21,22). The van der Waals surface area contributed by atoms with Crippen molar-refractivity contribution in [1.29, 1.82) is 0 Å². The van der Waals surface area contributed by atoms with Gasteiger partial charge in [0.1, 0.15) is 11.5 Å². The van der Waals surface area contributed by atoms with E-state index in [1.807, 2.05) is 62.4 Å². The molecule has 0 spiro atoms. The smallest absolute Gasteiger partial charge is 0.265 e. The van der Waals surface area contributed by atoms with Crippen LogP contribution in [-0.2, 0) is 4.79 Å². The van der Waals surface area contributed by atoms with Gasteiger partial charge >= 0.3 is 0 Å². The van der Waals surface area contributed by atoms with Gasteiger partial charge in [-0.15, -0.1) is 0 Å². The van der Waals surface area contributed by atoms with Crippen molar-refractivity contribution in [3.8, 4) is 11.5 Å². The summed E-state index contributed by atoms with van der Waals surface area (Å²) in [7, 11) is 0. The molecule has 2 aromatic carbocycles. The largest absolute Gasteiger partial charge is 0.491 e. The summed E-state index contributed by atoms with van der Waals surface area (Å²) in [5, 5.41) is 2.86. The van der Waals surface area contributed by atoms with Crippen LogP contribution in [0.1, 0.15) is 32.8 Å². The maximum absolute atomic E-state index is 12.3. The predicted molar refractivity (Wildman–Crippen MR) is 96.7 cm³/mol. The third kappa shape index (κ3) is 5.01. The molecule has 0 aliphatic carbocycles.